The fourth-order valence-corrected chi connectivity index (χ4v) is 3.52. The molecule has 2 N–H and O–H groups in total. The van der Waals surface area contributed by atoms with Crippen molar-refractivity contribution in [3.8, 4) is 0 Å². The second kappa shape index (κ2) is 7.33. The highest BCUT2D eigenvalue weighted by molar-refractivity contribution is 6.03. The number of carbonyl (C=O) groups excluding carboxylic acids is 3. The molecule has 0 bridgehead atoms. The van der Waals surface area contributed by atoms with Gasteiger partial charge in [0.15, 0.2) is 0 Å². The molecule has 2 heterocycles. The van der Waals surface area contributed by atoms with Gasteiger partial charge in [0.25, 0.3) is 5.91 Å². The third-order valence-corrected chi connectivity index (χ3v) is 4.76. The number of hydrogen-bond acceptors (Lipinski definition) is 5. The maximum Gasteiger partial charge on any atom is 0.414 e. The molecule has 0 saturated carbocycles. The Hall–Kier alpha value is -2.61. The fraction of sp³-hybridized carbons (Fsp3) is 0.500. The van der Waals surface area contributed by atoms with Crippen molar-refractivity contribution in [2.24, 2.45) is 0 Å². The summed E-state index contributed by atoms with van der Waals surface area (Å²) in [5, 5.41) is 12.0. The van der Waals surface area contributed by atoms with Crippen molar-refractivity contribution in [3.05, 3.63) is 23.8 Å². The number of amides is 3. The summed E-state index contributed by atoms with van der Waals surface area (Å²) in [6, 6.07) is 5.48. The smallest absolute Gasteiger partial charge is 0.414 e. The minimum absolute atomic E-state index is 0.0721. The molecule has 0 aromatic heterocycles. The summed E-state index contributed by atoms with van der Waals surface area (Å²) in [7, 11) is 0. The number of anilines is 2. The number of carbonyl (C=O) groups is 3. The molecule has 3 rings (SSSR count). The summed E-state index contributed by atoms with van der Waals surface area (Å²) in [6.45, 7) is 3.26. The van der Waals surface area contributed by atoms with Gasteiger partial charge in [-0.2, -0.15) is 0 Å². The van der Waals surface area contributed by atoms with E-state index in [0.29, 0.717) is 11.4 Å². The number of ether oxygens (including phenoxy) is 1. The predicted molar refractivity (Wildman–Crippen MR) is 95.1 cm³/mol. The zero-order chi connectivity index (χ0) is 18.8. The van der Waals surface area contributed by atoms with Crippen LogP contribution >= 0.6 is 0 Å². The van der Waals surface area contributed by atoms with Crippen LogP contribution in [0.5, 0.6) is 0 Å². The first-order chi connectivity index (χ1) is 12.4. The van der Waals surface area contributed by atoms with Crippen molar-refractivity contribution in [1.82, 2.24) is 5.32 Å². The maximum absolute atomic E-state index is 12.4. The summed E-state index contributed by atoms with van der Waals surface area (Å²) in [4.78, 5) is 38.8. The van der Waals surface area contributed by atoms with Crippen molar-refractivity contribution in [2.45, 2.75) is 38.8 Å². The molecule has 3 amide bonds. The molecule has 2 aliphatic rings. The summed E-state index contributed by atoms with van der Waals surface area (Å²) in [5.74, 6) is -0.585. The lowest BCUT2D eigenvalue weighted by molar-refractivity contribution is -0.122. The van der Waals surface area contributed by atoms with Crippen molar-refractivity contribution in [1.29, 1.82) is 0 Å². The number of cyclic esters (lactones) is 1. The van der Waals surface area contributed by atoms with E-state index >= 15 is 0 Å². The first-order valence-electron chi connectivity index (χ1n) is 8.69. The number of hydrogen-bond donors (Lipinski definition) is 2. The Morgan fingerprint density at radius 2 is 2.15 bits per heavy atom. The summed E-state index contributed by atoms with van der Waals surface area (Å²) < 4.78 is 5.34. The number of para-hydroxylation sites is 1. The van der Waals surface area contributed by atoms with Gasteiger partial charge in [-0.25, -0.2) is 4.79 Å². The average molecular weight is 361 g/mol. The van der Waals surface area contributed by atoms with E-state index in [4.69, 9.17) is 4.74 Å². The maximum atomic E-state index is 12.4. The van der Waals surface area contributed by atoms with Crippen molar-refractivity contribution < 1.29 is 24.2 Å². The molecule has 8 heteroatoms. The van der Waals surface area contributed by atoms with E-state index in [9.17, 15) is 19.5 Å². The molecule has 0 unspecified atom stereocenters. The van der Waals surface area contributed by atoms with Crippen molar-refractivity contribution in [2.75, 3.05) is 29.5 Å². The Morgan fingerprint density at radius 3 is 2.85 bits per heavy atom. The van der Waals surface area contributed by atoms with Gasteiger partial charge in [-0.05, 0) is 31.4 Å². The molecule has 140 valence electrons. The third kappa shape index (κ3) is 3.37. The van der Waals surface area contributed by atoms with Gasteiger partial charge in [-0.1, -0.05) is 12.1 Å². The molecule has 1 fully saturated rings. The van der Waals surface area contributed by atoms with E-state index < -0.39 is 24.7 Å². The topological polar surface area (TPSA) is 99.2 Å². The van der Waals surface area contributed by atoms with E-state index in [1.54, 1.807) is 11.0 Å². The minimum atomic E-state index is -0.590. The van der Waals surface area contributed by atoms with E-state index in [1.165, 1.54) is 11.8 Å². The first kappa shape index (κ1) is 18.2. The SMILES string of the molecule is CC(=O)NC[C@H]1CN(c2cccc3c2N(C(=O)CO)[C@H](C)CC3)C(=O)O1. The Kier molecular flexibility index (Phi) is 5.13. The molecule has 1 aromatic carbocycles. The Bertz CT molecular complexity index is 736. The number of aryl methyl sites for hydroxylation is 1. The van der Waals surface area contributed by atoms with Crippen LogP contribution in [-0.4, -0.2) is 54.9 Å². The average Bonchev–Trinajstić information content (AvgIpc) is 2.99. The third-order valence-electron chi connectivity index (χ3n) is 4.76. The van der Waals surface area contributed by atoms with Crippen LogP contribution in [0.3, 0.4) is 0 Å². The quantitative estimate of drug-likeness (QED) is 0.827. The van der Waals surface area contributed by atoms with Crippen LogP contribution in [-0.2, 0) is 20.7 Å². The molecule has 1 aromatic rings. The number of aliphatic hydroxyl groups is 1. The van der Waals surface area contributed by atoms with Crippen LogP contribution in [0, 0.1) is 0 Å². The second-order valence-corrected chi connectivity index (χ2v) is 6.65. The van der Waals surface area contributed by atoms with Gasteiger partial charge in [0.05, 0.1) is 24.5 Å². The van der Waals surface area contributed by atoms with Gasteiger partial charge >= 0.3 is 6.09 Å². The number of aliphatic hydroxyl groups excluding tert-OH is 1. The Labute approximate surface area is 151 Å². The lowest BCUT2D eigenvalue weighted by Gasteiger charge is -2.37. The second-order valence-electron chi connectivity index (χ2n) is 6.65. The van der Waals surface area contributed by atoms with Gasteiger partial charge in [0.2, 0.25) is 5.91 Å². The Balaban J connectivity index is 1.93. The van der Waals surface area contributed by atoms with Gasteiger partial charge in [0.1, 0.15) is 12.7 Å². The lowest BCUT2D eigenvalue weighted by Crippen LogP contribution is -2.44. The molecule has 2 aliphatic heterocycles. The summed E-state index contributed by atoms with van der Waals surface area (Å²) in [5.41, 5.74) is 2.20. The van der Waals surface area contributed by atoms with E-state index in [-0.39, 0.29) is 25.0 Å². The molecule has 0 radical (unpaired) electrons. The molecular weight excluding hydrogens is 338 g/mol. The monoisotopic (exact) mass is 361 g/mol. The van der Waals surface area contributed by atoms with Gasteiger partial charge < -0.3 is 20.1 Å². The molecule has 0 spiro atoms. The van der Waals surface area contributed by atoms with Crippen LogP contribution in [0.1, 0.15) is 25.8 Å². The zero-order valence-corrected chi connectivity index (χ0v) is 14.9. The molecule has 8 nitrogen and oxygen atoms in total. The number of fused-ring (bicyclic) bond motifs is 1. The highest BCUT2D eigenvalue weighted by Crippen LogP contribution is 2.40. The number of nitrogens with one attached hydrogen (secondary N) is 1. The number of benzene rings is 1. The molecule has 0 aliphatic carbocycles. The molecule has 26 heavy (non-hydrogen) atoms. The standard InChI is InChI=1S/C18H23N3O5/c1-11-6-7-13-4-3-5-15(17(13)21(11)16(24)10-22)20-9-14(26-18(20)25)8-19-12(2)23/h3-5,11,14,22H,6-10H2,1-2H3,(H,19,23)/t11-,14+/m1/s1. The zero-order valence-electron chi connectivity index (χ0n) is 14.9. The summed E-state index contributed by atoms with van der Waals surface area (Å²) in [6.07, 6.45) is 0.615. The van der Waals surface area contributed by atoms with Crippen LogP contribution in [0.15, 0.2) is 18.2 Å². The number of nitrogens with zero attached hydrogens (tertiary/aromatic N) is 2. The molecular formula is C18H23N3O5. The highest BCUT2D eigenvalue weighted by Gasteiger charge is 2.37. The van der Waals surface area contributed by atoms with Crippen LogP contribution < -0.4 is 15.1 Å². The first-order valence-corrected chi connectivity index (χ1v) is 8.69. The van der Waals surface area contributed by atoms with E-state index in [2.05, 4.69) is 5.32 Å². The molecule has 2 atom stereocenters. The van der Waals surface area contributed by atoms with Crippen LogP contribution in [0.25, 0.3) is 0 Å². The van der Waals surface area contributed by atoms with E-state index in [1.807, 2.05) is 19.1 Å². The van der Waals surface area contributed by atoms with Crippen LogP contribution in [0.2, 0.25) is 0 Å². The number of rotatable bonds is 4. The van der Waals surface area contributed by atoms with Gasteiger partial charge in [-0.15, -0.1) is 0 Å². The van der Waals surface area contributed by atoms with Crippen molar-refractivity contribution >= 4 is 29.3 Å². The lowest BCUT2D eigenvalue weighted by atomic mass is 9.95. The summed E-state index contributed by atoms with van der Waals surface area (Å²) >= 11 is 0. The minimum Gasteiger partial charge on any atom is -0.442 e. The van der Waals surface area contributed by atoms with Gasteiger partial charge in [0, 0.05) is 13.0 Å². The predicted octanol–water partition coefficient (Wildman–Crippen LogP) is 0.808. The van der Waals surface area contributed by atoms with Crippen molar-refractivity contribution in [3.63, 3.8) is 0 Å². The molecule has 1 saturated heterocycles. The Morgan fingerprint density at radius 1 is 1.38 bits per heavy atom. The van der Waals surface area contributed by atoms with Gasteiger partial charge in [-0.3, -0.25) is 14.5 Å². The normalized spacial score (nSPS) is 22.0. The fourth-order valence-electron chi connectivity index (χ4n) is 3.52. The highest BCUT2D eigenvalue weighted by atomic mass is 16.6. The van der Waals surface area contributed by atoms with Crippen LogP contribution in [0.4, 0.5) is 16.2 Å². The largest absolute Gasteiger partial charge is 0.442 e. The van der Waals surface area contributed by atoms with E-state index in [0.717, 1.165) is 18.4 Å².